The number of hydrogen-bond acceptors (Lipinski definition) is 3. The Kier molecular flexibility index (Phi) is 4.35. The lowest BCUT2D eigenvalue weighted by Crippen LogP contribution is -2.50. The van der Waals surface area contributed by atoms with Crippen LogP contribution in [0.25, 0.3) is 0 Å². The molecule has 0 aromatic heterocycles. The van der Waals surface area contributed by atoms with E-state index in [1.54, 1.807) is 7.05 Å². The summed E-state index contributed by atoms with van der Waals surface area (Å²) in [5.74, 6) is 0.187. The topological polar surface area (TPSA) is 63.4 Å². The molecule has 0 spiro atoms. The summed E-state index contributed by atoms with van der Waals surface area (Å²) in [6, 6.07) is 0. The average Bonchev–Trinajstić information content (AvgIpc) is 2.03. The van der Waals surface area contributed by atoms with E-state index in [0.717, 1.165) is 0 Å². The third kappa shape index (κ3) is 3.25. The van der Waals surface area contributed by atoms with E-state index in [0.29, 0.717) is 13.0 Å². The molecule has 0 aliphatic carbocycles. The molecule has 2 N–H and O–H groups in total. The molecule has 0 bridgehead atoms. The predicted octanol–water partition coefficient (Wildman–Crippen LogP) is 0.395. The second-order valence-corrected chi connectivity index (χ2v) is 5.92. The van der Waals surface area contributed by atoms with Gasteiger partial charge in [-0.05, 0) is 20.3 Å². The number of likely N-dealkylation sites (N-methyl/N-ethyl adjacent to an activating group) is 1. The molecule has 80 valence electrons. The van der Waals surface area contributed by atoms with Gasteiger partial charge in [-0.25, -0.2) is 8.42 Å². The highest BCUT2D eigenvalue weighted by Crippen LogP contribution is 2.15. The molecule has 0 aliphatic heterocycles. The van der Waals surface area contributed by atoms with E-state index in [9.17, 15) is 8.42 Å². The van der Waals surface area contributed by atoms with Crippen molar-refractivity contribution in [2.24, 2.45) is 5.73 Å². The highest BCUT2D eigenvalue weighted by Gasteiger charge is 2.30. The Morgan fingerprint density at radius 2 is 1.85 bits per heavy atom. The minimum atomic E-state index is -3.13. The Hall–Kier alpha value is -0.130. The maximum Gasteiger partial charge on any atom is 0.214 e. The Labute approximate surface area is 81.2 Å². The molecule has 4 nitrogen and oxygen atoms in total. The summed E-state index contributed by atoms with van der Waals surface area (Å²) in [4.78, 5) is 0. The van der Waals surface area contributed by atoms with Crippen LogP contribution in [0.1, 0.15) is 27.2 Å². The van der Waals surface area contributed by atoms with Gasteiger partial charge in [-0.15, -0.1) is 0 Å². The fourth-order valence-corrected chi connectivity index (χ4v) is 2.52. The summed E-state index contributed by atoms with van der Waals surface area (Å²) in [6.07, 6.45) is 0.632. The molecule has 0 atom stereocenters. The first-order valence-electron chi connectivity index (χ1n) is 4.44. The van der Waals surface area contributed by atoms with Crippen molar-refractivity contribution in [3.8, 4) is 0 Å². The van der Waals surface area contributed by atoms with Crippen LogP contribution in [0.5, 0.6) is 0 Å². The van der Waals surface area contributed by atoms with Crippen molar-refractivity contribution in [1.82, 2.24) is 4.31 Å². The molecule has 5 heteroatoms. The monoisotopic (exact) mass is 208 g/mol. The fourth-order valence-electron chi connectivity index (χ4n) is 0.900. The summed E-state index contributed by atoms with van der Waals surface area (Å²) in [5.41, 5.74) is 5.00. The zero-order valence-corrected chi connectivity index (χ0v) is 9.69. The molecule has 0 saturated heterocycles. The maximum atomic E-state index is 11.6. The molecule has 0 aromatic rings. The first-order valence-corrected chi connectivity index (χ1v) is 6.05. The van der Waals surface area contributed by atoms with Gasteiger partial charge in [-0.3, -0.25) is 0 Å². The van der Waals surface area contributed by atoms with E-state index in [-0.39, 0.29) is 5.75 Å². The average molecular weight is 208 g/mol. The molecular weight excluding hydrogens is 188 g/mol. The van der Waals surface area contributed by atoms with Crippen LogP contribution in [-0.4, -0.2) is 37.6 Å². The quantitative estimate of drug-likeness (QED) is 0.711. The lowest BCUT2D eigenvalue weighted by atomic mass is 10.1. The Morgan fingerprint density at radius 3 is 2.15 bits per heavy atom. The zero-order chi connectivity index (χ0) is 10.7. The smallest absolute Gasteiger partial charge is 0.214 e. The molecular formula is C8H20N2O2S. The van der Waals surface area contributed by atoms with Crippen molar-refractivity contribution in [3.63, 3.8) is 0 Å². The van der Waals surface area contributed by atoms with Crippen LogP contribution in [0.15, 0.2) is 0 Å². The highest BCUT2D eigenvalue weighted by molar-refractivity contribution is 7.89. The molecule has 0 heterocycles. The number of hydrogen-bond donors (Lipinski definition) is 1. The molecule has 0 unspecified atom stereocenters. The molecule has 0 radical (unpaired) electrons. The van der Waals surface area contributed by atoms with E-state index in [2.05, 4.69) is 0 Å². The standard InChI is InChI=1S/C8H20N2O2S/c1-5-6-13(11,12)10(4)8(2,3)7-9/h5-7,9H2,1-4H3. The number of nitrogens with zero attached hydrogens (tertiary/aromatic N) is 1. The molecule has 0 amide bonds. The van der Waals surface area contributed by atoms with Gasteiger partial charge in [0.15, 0.2) is 0 Å². The van der Waals surface area contributed by atoms with Crippen molar-refractivity contribution < 1.29 is 8.42 Å². The van der Waals surface area contributed by atoms with Gasteiger partial charge in [0, 0.05) is 19.1 Å². The minimum Gasteiger partial charge on any atom is -0.329 e. The van der Waals surface area contributed by atoms with Gasteiger partial charge in [0.2, 0.25) is 10.0 Å². The maximum absolute atomic E-state index is 11.6. The zero-order valence-electron chi connectivity index (χ0n) is 8.87. The van der Waals surface area contributed by atoms with E-state index in [1.165, 1.54) is 4.31 Å². The lowest BCUT2D eigenvalue weighted by molar-refractivity contribution is 0.274. The summed E-state index contributed by atoms with van der Waals surface area (Å²) in [5, 5.41) is 0. The molecule has 0 aliphatic rings. The second kappa shape index (κ2) is 4.39. The normalized spacial score (nSPS) is 13.7. The predicted molar refractivity (Wildman–Crippen MR) is 55.0 cm³/mol. The largest absolute Gasteiger partial charge is 0.329 e. The van der Waals surface area contributed by atoms with Crippen molar-refractivity contribution in [1.29, 1.82) is 0 Å². The SMILES string of the molecule is CCCS(=O)(=O)N(C)C(C)(C)CN. The van der Waals surface area contributed by atoms with Crippen molar-refractivity contribution in [3.05, 3.63) is 0 Å². The van der Waals surface area contributed by atoms with E-state index in [1.807, 2.05) is 20.8 Å². The van der Waals surface area contributed by atoms with Crippen LogP contribution in [0.3, 0.4) is 0 Å². The summed E-state index contributed by atoms with van der Waals surface area (Å²) in [6.45, 7) is 5.81. The lowest BCUT2D eigenvalue weighted by Gasteiger charge is -2.33. The van der Waals surface area contributed by atoms with Crippen molar-refractivity contribution in [2.75, 3.05) is 19.3 Å². The first kappa shape index (κ1) is 12.9. The molecule has 0 saturated carbocycles. The van der Waals surface area contributed by atoms with Gasteiger partial charge < -0.3 is 5.73 Å². The van der Waals surface area contributed by atoms with Gasteiger partial charge in [-0.1, -0.05) is 6.92 Å². The number of nitrogens with two attached hydrogens (primary N) is 1. The molecule has 0 rings (SSSR count). The third-order valence-electron chi connectivity index (χ3n) is 2.23. The summed E-state index contributed by atoms with van der Waals surface area (Å²) in [7, 11) is -1.55. The molecule has 0 fully saturated rings. The van der Waals surface area contributed by atoms with Crippen molar-refractivity contribution >= 4 is 10.0 Å². The van der Waals surface area contributed by atoms with Crippen LogP contribution in [-0.2, 0) is 10.0 Å². The third-order valence-corrected chi connectivity index (χ3v) is 4.48. The summed E-state index contributed by atoms with van der Waals surface area (Å²) < 4.78 is 24.6. The van der Waals surface area contributed by atoms with Crippen LogP contribution in [0.4, 0.5) is 0 Å². The van der Waals surface area contributed by atoms with Crippen LogP contribution >= 0.6 is 0 Å². The Bertz CT molecular complexity index is 247. The Morgan fingerprint density at radius 1 is 1.38 bits per heavy atom. The number of sulfonamides is 1. The van der Waals surface area contributed by atoms with Gasteiger partial charge in [0.1, 0.15) is 0 Å². The second-order valence-electron chi connectivity index (χ2n) is 3.80. The van der Waals surface area contributed by atoms with Crippen LogP contribution in [0, 0.1) is 0 Å². The first-order chi connectivity index (χ1) is 5.78. The highest BCUT2D eigenvalue weighted by atomic mass is 32.2. The van der Waals surface area contributed by atoms with Gasteiger partial charge in [-0.2, -0.15) is 4.31 Å². The Balaban J connectivity index is 4.69. The van der Waals surface area contributed by atoms with Crippen LogP contribution < -0.4 is 5.73 Å². The van der Waals surface area contributed by atoms with Gasteiger partial charge >= 0.3 is 0 Å². The summed E-state index contributed by atoms with van der Waals surface area (Å²) >= 11 is 0. The van der Waals surface area contributed by atoms with Gasteiger partial charge in [0.05, 0.1) is 5.75 Å². The number of rotatable bonds is 5. The minimum absolute atomic E-state index is 0.187. The van der Waals surface area contributed by atoms with Crippen molar-refractivity contribution in [2.45, 2.75) is 32.7 Å². The van der Waals surface area contributed by atoms with Gasteiger partial charge in [0.25, 0.3) is 0 Å². The fraction of sp³-hybridized carbons (Fsp3) is 1.00. The molecule has 0 aromatic carbocycles. The molecule has 13 heavy (non-hydrogen) atoms. The van der Waals surface area contributed by atoms with Crippen LogP contribution in [0.2, 0.25) is 0 Å². The van der Waals surface area contributed by atoms with E-state index in [4.69, 9.17) is 5.73 Å². The van der Waals surface area contributed by atoms with E-state index < -0.39 is 15.6 Å². The van der Waals surface area contributed by atoms with E-state index >= 15 is 0 Å².